The van der Waals surface area contributed by atoms with E-state index in [-0.39, 0.29) is 11.8 Å². The van der Waals surface area contributed by atoms with E-state index in [0.717, 1.165) is 24.1 Å². The molecular formula is C24H19FN4O2. The number of aromatic nitrogens is 1. The Morgan fingerprint density at radius 1 is 0.935 bits per heavy atom. The first-order valence-electron chi connectivity index (χ1n) is 10.0. The van der Waals surface area contributed by atoms with Crippen LogP contribution in [0.3, 0.4) is 0 Å². The standard InChI is InChI=1S/C24H19FN4O2/c25-18-8-6-15(7-9-18)22(30)28-21-19-13-16(4-5-17(19)14-27-21)23(31)29-24(10-11-24)20-3-1-2-12-26-20/h1-9,12-13H,10-11,14H2,(H,29,31)(H,27,28,30). The largest absolute Gasteiger partial charge is 0.341 e. The lowest BCUT2D eigenvalue weighted by molar-refractivity contribution is 0.0928. The van der Waals surface area contributed by atoms with Crippen molar-refractivity contribution in [3.63, 3.8) is 0 Å². The third kappa shape index (κ3) is 3.70. The molecule has 0 bridgehead atoms. The van der Waals surface area contributed by atoms with Crippen LogP contribution in [0.4, 0.5) is 4.39 Å². The van der Waals surface area contributed by atoms with E-state index >= 15 is 0 Å². The van der Waals surface area contributed by atoms with Crippen LogP contribution in [0.15, 0.2) is 71.9 Å². The fraction of sp³-hybridized carbons (Fsp3) is 0.167. The van der Waals surface area contributed by atoms with Crippen LogP contribution >= 0.6 is 0 Å². The molecule has 0 radical (unpaired) electrons. The zero-order valence-electron chi connectivity index (χ0n) is 16.6. The Kier molecular flexibility index (Phi) is 4.58. The number of hydrogen-bond acceptors (Lipinski definition) is 4. The van der Waals surface area contributed by atoms with Crippen molar-refractivity contribution in [1.29, 1.82) is 0 Å². The molecule has 7 heteroatoms. The number of nitrogens with zero attached hydrogens (tertiary/aromatic N) is 2. The van der Waals surface area contributed by atoms with Crippen molar-refractivity contribution in [3.8, 4) is 0 Å². The molecule has 2 N–H and O–H groups in total. The third-order valence-corrected chi connectivity index (χ3v) is 5.63. The summed E-state index contributed by atoms with van der Waals surface area (Å²) in [7, 11) is 0. The molecule has 0 atom stereocenters. The molecule has 0 spiro atoms. The number of halogens is 1. The van der Waals surface area contributed by atoms with Gasteiger partial charge in [-0.15, -0.1) is 0 Å². The van der Waals surface area contributed by atoms with E-state index in [0.29, 0.717) is 29.1 Å². The van der Waals surface area contributed by atoms with E-state index in [4.69, 9.17) is 0 Å². The lowest BCUT2D eigenvalue weighted by Gasteiger charge is -2.17. The van der Waals surface area contributed by atoms with Gasteiger partial charge < -0.3 is 10.6 Å². The Balaban J connectivity index is 1.33. The van der Waals surface area contributed by atoms with Crippen molar-refractivity contribution in [1.82, 2.24) is 15.6 Å². The minimum atomic E-state index is -0.412. The number of amidine groups is 1. The highest BCUT2D eigenvalue weighted by Crippen LogP contribution is 2.44. The van der Waals surface area contributed by atoms with E-state index in [1.165, 1.54) is 24.3 Å². The second-order valence-corrected chi connectivity index (χ2v) is 7.75. The topological polar surface area (TPSA) is 83.5 Å². The van der Waals surface area contributed by atoms with Crippen molar-refractivity contribution in [2.75, 3.05) is 0 Å². The number of rotatable bonds is 4. The molecule has 1 saturated carbocycles. The fourth-order valence-corrected chi connectivity index (χ4v) is 3.72. The molecule has 1 aliphatic carbocycles. The van der Waals surface area contributed by atoms with Gasteiger partial charge in [-0.1, -0.05) is 12.1 Å². The molecule has 6 nitrogen and oxygen atoms in total. The zero-order chi connectivity index (χ0) is 21.4. The molecule has 0 saturated heterocycles. The summed E-state index contributed by atoms with van der Waals surface area (Å²) < 4.78 is 13.1. The Morgan fingerprint density at radius 3 is 2.42 bits per heavy atom. The Bertz CT molecular complexity index is 1200. The van der Waals surface area contributed by atoms with Crippen molar-refractivity contribution in [2.24, 2.45) is 4.99 Å². The molecule has 0 unspecified atom stereocenters. The molecule has 1 fully saturated rings. The molecule has 1 aromatic heterocycles. The second-order valence-electron chi connectivity index (χ2n) is 7.75. The van der Waals surface area contributed by atoms with Gasteiger partial charge in [0.1, 0.15) is 11.7 Å². The van der Waals surface area contributed by atoms with Gasteiger partial charge in [0.15, 0.2) is 0 Å². The smallest absolute Gasteiger partial charge is 0.256 e. The number of hydrogen-bond donors (Lipinski definition) is 2. The van der Waals surface area contributed by atoms with Gasteiger partial charge in [0.25, 0.3) is 11.8 Å². The number of carbonyl (C=O) groups is 2. The highest BCUT2D eigenvalue weighted by atomic mass is 19.1. The SMILES string of the molecule is O=C(NC1=NCc2ccc(C(=O)NC3(c4ccccn4)CC3)cc21)c1ccc(F)cc1. The van der Waals surface area contributed by atoms with Gasteiger partial charge in [-0.3, -0.25) is 19.6 Å². The fourth-order valence-electron chi connectivity index (χ4n) is 3.72. The minimum Gasteiger partial charge on any atom is -0.341 e. The van der Waals surface area contributed by atoms with Gasteiger partial charge in [0.2, 0.25) is 0 Å². The summed E-state index contributed by atoms with van der Waals surface area (Å²) in [6.45, 7) is 0.425. The summed E-state index contributed by atoms with van der Waals surface area (Å²) in [6.07, 6.45) is 3.42. The Morgan fingerprint density at radius 2 is 1.71 bits per heavy atom. The van der Waals surface area contributed by atoms with Gasteiger partial charge in [-0.2, -0.15) is 0 Å². The maximum atomic E-state index is 13.1. The number of pyridine rings is 1. The first kappa shape index (κ1) is 19.1. The summed E-state index contributed by atoms with van der Waals surface area (Å²) in [5, 5.41) is 5.88. The molecule has 2 heterocycles. The van der Waals surface area contributed by atoms with Crippen LogP contribution in [-0.4, -0.2) is 22.6 Å². The number of fused-ring (bicyclic) bond motifs is 1. The van der Waals surface area contributed by atoms with Crippen LogP contribution in [0, 0.1) is 5.82 Å². The van der Waals surface area contributed by atoms with Crippen LogP contribution in [0.2, 0.25) is 0 Å². The Hall–Kier alpha value is -3.87. The number of aliphatic imine (C=N–C) groups is 1. The predicted molar refractivity (Wildman–Crippen MR) is 113 cm³/mol. The van der Waals surface area contributed by atoms with Crippen LogP contribution in [0.5, 0.6) is 0 Å². The highest BCUT2D eigenvalue weighted by Gasteiger charge is 2.47. The van der Waals surface area contributed by atoms with E-state index in [9.17, 15) is 14.0 Å². The summed E-state index contributed by atoms with van der Waals surface area (Å²) in [5.41, 5.74) is 2.91. The van der Waals surface area contributed by atoms with Gasteiger partial charge >= 0.3 is 0 Å². The lowest BCUT2D eigenvalue weighted by atomic mass is 10.0. The number of benzene rings is 2. The van der Waals surface area contributed by atoms with E-state index in [1.54, 1.807) is 18.3 Å². The number of amides is 2. The van der Waals surface area contributed by atoms with Crippen LogP contribution in [-0.2, 0) is 12.1 Å². The number of nitrogens with one attached hydrogen (secondary N) is 2. The summed E-state index contributed by atoms with van der Waals surface area (Å²) in [4.78, 5) is 34.2. The zero-order valence-corrected chi connectivity index (χ0v) is 16.6. The average Bonchev–Trinajstić information content (AvgIpc) is 3.47. The van der Waals surface area contributed by atoms with Gasteiger partial charge in [0, 0.05) is 22.9 Å². The molecule has 154 valence electrons. The van der Waals surface area contributed by atoms with Crippen LogP contribution in [0.1, 0.15) is 50.4 Å². The monoisotopic (exact) mass is 414 g/mol. The molecule has 1 aliphatic heterocycles. The second kappa shape index (κ2) is 7.43. The highest BCUT2D eigenvalue weighted by molar-refractivity contribution is 6.14. The van der Waals surface area contributed by atoms with E-state index in [1.807, 2.05) is 24.3 Å². The van der Waals surface area contributed by atoms with Crippen molar-refractivity contribution in [3.05, 3.63) is 101 Å². The maximum absolute atomic E-state index is 13.1. The molecule has 2 aliphatic rings. The summed E-state index contributed by atoms with van der Waals surface area (Å²) in [6, 6.07) is 16.3. The number of carbonyl (C=O) groups excluding carboxylic acids is 2. The van der Waals surface area contributed by atoms with Crippen LogP contribution in [0.25, 0.3) is 0 Å². The van der Waals surface area contributed by atoms with Crippen LogP contribution < -0.4 is 10.6 Å². The first-order valence-corrected chi connectivity index (χ1v) is 10.0. The molecule has 31 heavy (non-hydrogen) atoms. The molecular weight excluding hydrogens is 395 g/mol. The van der Waals surface area contributed by atoms with Gasteiger partial charge in [-0.25, -0.2) is 4.39 Å². The van der Waals surface area contributed by atoms with E-state index in [2.05, 4.69) is 20.6 Å². The van der Waals surface area contributed by atoms with Crippen molar-refractivity contribution >= 4 is 17.6 Å². The normalized spacial score (nSPS) is 15.6. The predicted octanol–water partition coefficient (Wildman–Crippen LogP) is 3.33. The molecule has 2 aromatic carbocycles. The lowest BCUT2D eigenvalue weighted by Crippen LogP contribution is -2.35. The van der Waals surface area contributed by atoms with Crippen molar-refractivity contribution in [2.45, 2.75) is 24.9 Å². The van der Waals surface area contributed by atoms with Crippen molar-refractivity contribution < 1.29 is 14.0 Å². The molecule has 5 rings (SSSR count). The third-order valence-electron chi connectivity index (χ3n) is 5.63. The van der Waals surface area contributed by atoms with Gasteiger partial charge in [0.05, 0.1) is 17.8 Å². The molecule has 2 amide bonds. The first-order chi connectivity index (χ1) is 15.0. The Labute approximate surface area is 178 Å². The van der Waals surface area contributed by atoms with E-state index < -0.39 is 11.4 Å². The quantitative estimate of drug-likeness (QED) is 0.687. The molecule has 3 aromatic rings. The summed E-state index contributed by atoms with van der Waals surface area (Å²) >= 11 is 0. The average molecular weight is 414 g/mol. The summed E-state index contributed by atoms with van der Waals surface area (Å²) in [5.74, 6) is -0.574. The van der Waals surface area contributed by atoms with Gasteiger partial charge in [-0.05, 0) is 66.9 Å². The maximum Gasteiger partial charge on any atom is 0.256 e. The minimum absolute atomic E-state index is 0.193.